The number of ether oxygens (including phenoxy) is 3. The molecule has 2 aromatic rings. The number of methoxy groups -OCH3 is 1. The van der Waals surface area contributed by atoms with Crippen molar-refractivity contribution >= 4 is 11.8 Å². The predicted molar refractivity (Wildman–Crippen MR) is 122 cm³/mol. The quantitative estimate of drug-likeness (QED) is 0.394. The highest BCUT2D eigenvalue weighted by atomic mass is 16.5. The van der Waals surface area contributed by atoms with Gasteiger partial charge < -0.3 is 28.6 Å². The maximum Gasteiger partial charge on any atom is 0.260 e. The van der Waals surface area contributed by atoms with Crippen molar-refractivity contribution in [2.24, 2.45) is 7.05 Å². The normalized spacial score (nSPS) is 10.7. The molecule has 8 nitrogen and oxygen atoms in total. The topological polar surface area (TPSA) is 73.2 Å². The maximum absolute atomic E-state index is 13.2. The molecule has 2 amide bonds. The van der Waals surface area contributed by atoms with E-state index >= 15 is 0 Å². The molecular weight excluding hydrogens is 410 g/mol. The molecule has 0 bridgehead atoms. The molecule has 0 aliphatic carbocycles. The number of hydrogen-bond donors (Lipinski definition) is 0. The summed E-state index contributed by atoms with van der Waals surface area (Å²) in [5, 5.41) is 0. The molecule has 2 rings (SSSR count). The summed E-state index contributed by atoms with van der Waals surface area (Å²) < 4.78 is 18.2. The van der Waals surface area contributed by atoms with E-state index in [0.29, 0.717) is 51.6 Å². The summed E-state index contributed by atoms with van der Waals surface area (Å²) >= 11 is 0. The van der Waals surface area contributed by atoms with Gasteiger partial charge in [-0.2, -0.15) is 0 Å². The van der Waals surface area contributed by atoms with Gasteiger partial charge in [0.25, 0.3) is 5.91 Å². The first kappa shape index (κ1) is 25.4. The van der Waals surface area contributed by atoms with E-state index in [9.17, 15) is 9.59 Å². The lowest BCUT2D eigenvalue weighted by Crippen LogP contribution is -2.45. The molecular formula is C24H35N3O5. The molecule has 0 fully saturated rings. The Labute approximate surface area is 190 Å². The average Bonchev–Trinajstić information content (AvgIpc) is 3.21. The van der Waals surface area contributed by atoms with Gasteiger partial charge in [0.2, 0.25) is 5.91 Å². The van der Waals surface area contributed by atoms with Crippen LogP contribution in [0.5, 0.6) is 5.75 Å². The van der Waals surface area contributed by atoms with Gasteiger partial charge in [-0.3, -0.25) is 9.59 Å². The van der Waals surface area contributed by atoms with E-state index in [1.807, 2.05) is 55.1 Å². The van der Waals surface area contributed by atoms with E-state index in [2.05, 4.69) is 0 Å². The zero-order valence-electron chi connectivity index (χ0n) is 19.4. The second-order valence-corrected chi connectivity index (χ2v) is 7.39. The van der Waals surface area contributed by atoms with E-state index in [0.717, 1.165) is 5.69 Å². The second-order valence-electron chi connectivity index (χ2n) is 7.39. The molecule has 1 heterocycles. The van der Waals surface area contributed by atoms with Gasteiger partial charge in [-0.1, -0.05) is 18.2 Å². The molecule has 32 heavy (non-hydrogen) atoms. The number of aromatic nitrogens is 1. The van der Waals surface area contributed by atoms with E-state index in [1.54, 1.807) is 29.0 Å². The summed E-state index contributed by atoms with van der Waals surface area (Å²) in [7, 11) is 3.55. The number of amides is 2. The van der Waals surface area contributed by atoms with Crippen LogP contribution in [0.1, 0.15) is 19.0 Å². The van der Waals surface area contributed by atoms with E-state index in [1.165, 1.54) is 0 Å². The van der Waals surface area contributed by atoms with Crippen molar-refractivity contribution in [1.82, 2.24) is 14.4 Å². The molecule has 0 saturated carbocycles. The van der Waals surface area contributed by atoms with E-state index in [4.69, 9.17) is 14.2 Å². The third kappa shape index (κ3) is 8.72. The number of nitrogens with zero attached hydrogens (tertiary/aromatic N) is 3. The van der Waals surface area contributed by atoms with Crippen LogP contribution in [0.4, 0.5) is 0 Å². The zero-order chi connectivity index (χ0) is 23.2. The largest absolute Gasteiger partial charge is 0.484 e. The average molecular weight is 446 g/mol. The molecule has 0 atom stereocenters. The van der Waals surface area contributed by atoms with Crippen molar-refractivity contribution in [3.05, 3.63) is 54.4 Å². The van der Waals surface area contributed by atoms with Crippen molar-refractivity contribution in [1.29, 1.82) is 0 Å². The summed E-state index contributed by atoms with van der Waals surface area (Å²) in [5.41, 5.74) is 1.01. The van der Waals surface area contributed by atoms with Gasteiger partial charge in [0.15, 0.2) is 6.61 Å². The van der Waals surface area contributed by atoms with Crippen LogP contribution in [0.25, 0.3) is 0 Å². The highest BCUT2D eigenvalue weighted by molar-refractivity contribution is 5.85. The minimum Gasteiger partial charge on any atom is -0.484 e. The summed E-state index contributed by atoms with van der Waals surface area (Å²) in [6.07, 6.45) is 2.59. The number of carbonyl (C=O) groups is 2. The monoisotopic (exact) mass is 445 g/mol. The summed E-state index contributed by atoms with van der Waals surface area (Å²) in [4.78, 5) is 29.3. The van der Waals surface area contributed by atoms with E-state index < -0.39 is 0 Å². The molecule has 0 N–H and O–H groups in total. The molecule has 176 valence electrons. The lowest BCUT2D eigenvalue weighted by molar-refractivity contribution is -0.142. The summed E-state index contributed by atoms with van der Waals surface area (Å²) in [6.45, 7) is 4.68. The Morgan fingerprint density at radius 3 is 2.41 bits per heavy atom. The number of carbonyl (C=O) groups excluding carboxylic acids is 2. The lowest BCUT2D eigenvalue weighted by Gasteiger charge is -2.28. The van der Waals surface area contributed by atoms with Crippen LogP contribution in [0, 0.1) is 0 Å². The summed E-state index contributed by atoms with van der Waals surface area (Å²) in [5.74, 6) is 0.254. The predicted octanol–water partition coefficient (Wildman–Crippen LogP) is 2.33. The fourth-order valence-corrected chi connectivity index (χ4v) is 3.16. The van der Waals surface area contributed by atoms with Crippen molar-refractivity contribution in [2.75, 3.05) is 53.2 Å². The fraction of sp³-hybridized carbons (Fsp3) is 0.500. The van der Waals surface area contributed by atoms with Crippen LogP contribution in [-0.2, 0) is 32.7 Å². The Morgan fingerprint density at radius 1 is 0.969 bits per heavy atom. The number of hydrogen-bond acceptors (Lipinski definition) is 5. The SMILES string of the molecule is CCOCCCN(CC(=O)N(CCOC)Cc1cccn1C)C(=O)COc1ccccc1. The first-order valence-electron chi connectivity index (χ1n) is 11.0. The van der Waals surface area contributed by atoms with Gasteiger partial charge in [-0.15, -0.1) is 0 Å². The van der Waals surface area contributed by atoms with Crippen LogP contribution in [-0.4, -0.2) is 79.4 Å². The highest BCUT2D eigenvalue weighted by Gasteiger charge is 2.22. The van der Waals surface area contributed by atoms with Gasteiger partial charge >= 0.3 is 0 Å². The van der Waals surface area contributed by atoms with Crippen molar-refractivity contribution in [2.45, 2.75) is 19.9 Å². The minimum atomic E-state index is -0.232. The number of para-hydroxylation sites is 1. The lowest BCUT2D eigenvalue weighted by atomic mass is 10.3. The molecule has 8 heteroatoms. The Hall–Kier alpha value is -2.84. The molecule has 1 aromatic carbocycles. The van der Waals surface area contributed by atoms with Crippen molar-refractivity contribution in [3.63, 3.8) is 0 Å². The van der Waals surface area contributed by atoms with Gasteiger partial charge in [0, 0.05) is 52.4 Å². The fourth-order valence-electron chi connectivity index (χ4n) is 3.16. The highest BCUT2D eigenvalue weighted by Crippen LogP contribution is 2.10. The Balaban J connectivity index is 2.03. The van der Waals surface area contributed by atoms with Gasteiger partial charge in [-0.05, 0) is 37.6 Å². The molecule has 0 spiro atoms. The van der Waals surface area contributed by atoms with Crippen LogP contribution in [0.3, 0.4) is 0 Å². The third-order valence-electron chi connectivity index (χ3n) is 5.03. The van der Waals surface area contributed by atoms with Crippen LogP contribution >= 0.6 is 0 Å². The van der Waals surface area contributed by atoms with Gasteiger partial charge in [-0.25, -0.2) is 0 Å². The molecule has 0 unspecified atom stereocenters. The molecule has 0 aliphatic rings. The Morgan fingerprint density at radius 2 is 1.75 bits per heavy atom. The number of benzene rings is 1. The maximum atomic E-state index is 13.2. The van der Waals surface area contributed by atoms with Crippen molar-refractivity contribution < 1.29 is 23.8 Å². The first-order chi connectivity index (χ1) is 15.5. The van der Waals surface area contributed by atoms with Crippen LogP contribution in [0.15, 0.2) is 48.7 Å². The molecule has 0 aliphatic heterocycles. The number of rotatable bonds is 15. The summed E-state index contributed by atoms with van der Waals surface area (Å²) in [6, 6.07) is 13.1. The smallest absolute Gasteiger partial charge is 0.260 e. The second kappa shape index (κ2) is 14.3. The molecule has 0 radical (unpaired) electrons. The van der Waals surface area contributed by atoms with Gasteiger partial charge in [0.1, 0.15) is 5.75 Å². The Kier molecular flexibility index (Phi) is 11.3. The third-order valence-corrected chi connectivity index (χ3v) is 5.03. The Bertz CT molecular complexity index is 809. The zero-order valence-corrected chi connectivity index (χ0v) is 19.4. The molecule has 1 aromatic heterocycles. The van der Waals surface area contributed by atoms with Crippen LogP contribution < -0.4 is 4.74 Å². The molecule has 0 saturated heterocycles. The minimum absolute atomic E-state index is 0.0166. The standard InChI is InChI=1S/C24H35N3O5/c1-4-31-16-9-14-26(24(29)20-32-22-11-6-5-7-12-22)19-23(28)27(15-17-30-3)18-21-10-8-13-25(21)2/h5-8,10-13H,4,9,14-20H2,1-3H3. The number of aryl methyl sites for hydroxylation is 1. The first-order valence-corrected chi connectivity index (χ1v) is 11.0. The van der Waals surface area contributed by atoms with Gasteiger partial charge in [0.05, 0.1) is 19.7 Å². The van der Waals surface area contributed by atoms with Crippen LogP contribution in [0.2, 0.25) is 0 Å². The van der Waals surface area contributed by atoms with Crippen molar-refractivity contribution in [3.8, 4) is 5.75 Å². The van der Waals surface area contributed by atoms with E-state index in [-0.39, 0.29) is 25.0 Å².